The van der Waals surface area contributed by atoms with Crippen LogP contribution in [0.5, 0.6) is 0 Å². The number of aliphatic hydroxyl groups excluding tert-OH is 1. The van der Waals surface area contributed by atoms with Gasteiger partial charge in [0, 0.05) is 55.3 Å². The van der Waals surface area contributed by atoms with Crippen LogP contribution < -0.4 is 11.1 Å². The molecule has 1 aliphatic heterocycles. The number of nitrogens with one attached hydrogen (secondary N) is 1. The summed E-state index contributed by atoms with van der Waals surface area (Å²) < 4.78 is 1.69. The molecule has 1 aliphatic carbocycles. The molecule has 152 valence electrons. The largest absolute Gasteiger partial charge is 0.391 e. The van der Waals surface area contributed by atoms with E-state index in [2.05, 4.69) is 25.5 Å². The monoisotopic (exact) mass is 405 g/mol. The van der Waals surface area contributed by atoms with Crippen LogP contribution in [0.15, 0.2) is 24.0 Å². The first-order valence-electron chi connectivity index (χ1n) is 9.70. The van der Waals surface area contributed by atoms with Gasteiger partial charge in [-0.15, -0.1) is 16.4 Å². The lowest BCUT2D eigenvalue weighted by atomic mass is 9.64. The highest BCUT2D eigenvalue weighted by Crippen LogP contribution is 2.43. The first-order valence-corrected chi connectivity index (χ1v) is 10.6. The molecule has 1 amide bonds. The molecular formula is C18H27N7O2S. The van der Waals surface area contributed by atoms with Gasteiger partial charge in [0.05, 0.1) is 25.4 Å². The first kappa shape index (κ1) is 19.4. The van der Waals surface area contributed by atoms with Gasteiger partial charge in [-0.1, -0.05) is 12.1 Å². The number of aliphatic hydroxyl groups is 1. The average molecular weight is 406 g/mol. The molecule has 0 bridgehead atoms. The van der Waals surface area contributed by atoms with Crippen molar-refractivity contribution >= 4 is 17.2 Å². The molecule has 6 atom stereocenters. The lowest BCUT2D eigenvalue weighted by molar-refractivity contribution is -0.134. The van der Waals surface area contributed by atoms with Crippen molar-refractivity contribution in [1.82, 2.24) is 30.2 Å². The number of hydrogen-bond donors (Lipinski definition) is 3. The summed E-state index contributed by atoms with van der Waals surface area (Å²) in [5, 5.41) is 24.5. The number of aromatic nitrogens is 4. The zero-order chi connectivity index (χ0) is 19.7. The maximum absolute atomic E-state index is 13.0. The van der Waals surface area contributed by atoms with Crippen molar-refractivity contribution in [3.63, 3.8) is 0 Å². The summed E-state index contributed by atoms with van der Waals surface area (Å²) in [6.45, 7) is 5.32. The number of rotatable bonds is 6. The maximum atomic E-state index is 13.0. The summed E-state index contributed by atoms with van der Waals surface area (Å²) in [7, 11) is 0. The maximum Gasteiger partial charge on any atom is 0.223 e. The van der Waals surface area contributed by atoms with E-state index in [9.17, 15) is 9.90 Å². The summed E-state index contributed by atoms with van der Waals surface area (Å²) in [6.07, 6.45) is 4.61. The molecule has 2 aromatic rings. The van der Waals surface area contributed by atoms with Crippen molar-refractivity contribution < 1.29 is 9.90 Å². The highest BCUT2D eigenvalue weighted by Gasteiger charge is 2.53. The molecule has 3 heterocycles. The summed E-state index contributed by atoms with van der Waals surface area (Å²) in [4.78, 5) is 19.7. The number of nitrogens with two attached hydrogens (primary N) is 1. The van der Waals surface area contributed by atoms with Crippen LogP contribution >= 0.6 is 11.3 Å². The molecule has 10 heteroatoms. The third-order valence-corrected chi connectivity index (χ3v) is 6.98. The molecule has 0 aromatic carbocycles. The Morgan fingerprint density at radius 1 is 1.39 bits per heavy atom. The number of carbonyl (C=O) groups is 1. The number of likely N-dealkylation sites (tertiary alicyclic amines) is 1. The molecule has 2 aromatic heterocycles. The number of thiazole rings is 1. The summed E-state index contributed by atoms with van der Waals surface area (Å²) in [5.41, 5.74) is 6.31. The molecule has 4 rings (SSSR count). The van der Waals surface area contributed by atoms with Crippen LogP contribution in [0.3, 0.4) is 0 Å². The smallest absolute Gasteiger partial charge is 0.223 e. The molecule has 0 spiro atoms. The molecule has 2 aliphatic rings. The van der Waals surface area contributed by atoms with E-state index in [4.69, 9.17) is 5.73 Å². The summed E-state index contributed by atoms with van der Waals surface area (Å²) in [6, 6.07) is -0.396. The number of nitrogens with zero attached hydrogens (tertiary/aromatic N) is 5. The van der Waals surface area contributed by atoms with E-state index >= 15 is 0 Å². The topological polar surface area (TPSA) is 122 Å². The van der Waals surface area contributed by atoms with Crippen LogP contribution in [0, 0.1) is 23.7 Å². The third kappa shape index (κ3) is 3.82. The standard InChI is InChI=1S/C18H27N7O2S/c1-11-15(18(27)21-2-5-25-6-3-22-23-25)12-8-24(10-14-20-4-7-28-14)9-13(12)17(26)16(11)19/h3-4,6-7,11-13,15-17,26H,2,5,8-10,19H2,1H3,(H,21,27)/t11-,12+,13+,15+,16+,17+/m1/s1. The van der Waals surface area contributed by atoms with Crippen LogP contribution in [0.1, 0.15) is 11.9 Å². The van der Waals surface area contributed by atoms with E-state index in [0.717, 1.165) is 24.6 Å². The third-order valence-electron chi connectivity index (χ3n) is 6.21. The minimum atomic E-state index is -0.583. The second-order valence-corrected chi connectivity index (χ2v) is 8.84. The van der Waals surface area contributed by atoms with E-state index in [1.165, 1.54) is 0 Å². The fourth-order valence-corrected chi connectivity index (χ4v) is 5.41. The van der Waals surface area contributed by atoms with Gasteiger partial charge in [0.2, 0.25) is 5.91 Å². The van der Waals surface area contributed by atoms with Gasteiger partial charge in [-0.2, -0.15) is 0 Å². The minimum absolute atomic E-state index is 0.0113. The normalized spacial score (nSPS) is 33.0. The van der Waals surface area contributed by atoms with Crippen LogP contribution in [0.4, 0.5) is 0 Å². The Morgan fingerprint density at radius 3 is 2.93 bits per heavy atom. The van der Waals surface area contributed by atoms with Gasteiger partial charge >= 0.3 is 0 Å². The van der Waals surface area contributed by atoms with Crippen molar-refractivity contribution in [1.29, 1.82) is 0 Å². The van der Waals surface area contributed by atoms with Crippen molar-refractivity contribution in [3.8, 4) is 0 Å². The first-order chi connectivity index (χ1) is 13.5. The molecule has 4 N–H and O–H groups in total. The van der Waals surface area contributed by atoms with Gasteiger partial charge in [0.1, 0.15) is 5.01 Å². The number of amides is 1. The predicted molar refractivity (Wildman–Crippen MR) is 104 cm³/mol. The zero-order valence-electron chi connectivity index (χ0n) is 15.9. The lowest BCUT2D eigenvalue weighted by Crippen LogP contribution is -2.58. The zero-order valence-corrected chi connectivity index (χ0v) is 16.7. The molecule has 0 radical (unpaired) electrons. The van der Waals surface area contributed by atoms with E-state index < -0.39 is 12.1 Å². The predicted octanol–water partition coefficient (Wildman–Crippen LogP) is -0.447. The van der Waals surface area contributed by atoms with Crippen LogP contribution in [-0.4, -0.2) is 67.7 Å². The van der Waals surface area contributed by atoms with Crippen LogP contribution in [-0.2, 0) is 17.9 Å². The Kier molecular flexibility index (Phi) is 5.72. The van der Waals surface area contributed by atoms with Crippen LogP contribution in [0.25, 0.3) is 0 Å². The Morgan fingerprint density at radius 2 is 2.21 bits per heavy atom. The van der Waals surface area contributed by atoms with Gasteiger partial charge < -0.3 is 16.2 Å². The Labute approximate surface area is 167 Å². The van der Waals surface area contributed by atoms with Crippen molar-refractivity contribution in [2.75, 3.05) is 19.6 Å². The molecular weight excluding hydrogens is 378 g/mol. The summed E-state index contributed by atoms with van der Waals surface area (Å²) in [5.74, 6) is -0.169. The fraction of sp³-hybridized carbons (Fsp3) is 0.667. The van der Waals surface area contributed by atoms with Gasteiger partial charge in [0.15, 0.2) is 0 Å². The number of carbonyl (C=O) groups excluding carboxylic acids is 1. The van der Waals surface area contributed by atoms with Crippen molar-refractivity contribution in [2.45, 2.75) is 32.2 Å². The second kappa shape index (κ2) is 8.24. The average Bonchev–Trinajstić information content (AvgIpc) is 3.42. The quantitative estimate of drug-likeness (QED) is 0.595. The van der Waals surface area contributed by atoms with Gasteiger partial charge in [-0.05, 0) is 11.8 Å². The van der Waals surface area contributed by atoms with E-state index in [0.29, 0.717) is 13.1 Å². The summed E-state index contributed by atoms with van der Waals surface area (Å²) >= 11 is 1.63. The van der Waals surface area contributed by atoms with E-state index in [1.54, 1.807) is 34.6 Å². The highest BCUT2D eigenvalue weighted by molar-refractivity contribution is 7.09. The highest BCUT2D eigenvalue weighted by atomic mass is 32.1. The molecule has 0 unspecified atom stereocenters. The van der Waals surface area contributed by atoms with Gasteiger partial charge in [-0.3, -0.25) is 14.4 Å². The van der Waals surface area contributed by atoms with Crippen molar-refractivity contribution in [2.24, 2.45) is 29.4 Å². The minimum Gasteiger partial charge on any atom is -0.391 e. The molecule has 9 nitrogen and oxygen atoms in total. The second-order valence-electron chi connectivity index (χ2n) is 7.86. The molecule has 28 heavy (non-hydrogen) atoms. The molecule has 2 fully saturated rings. The van der Waals surface area contributed by atoms with Crippen LogP contribution in [0.2, 0.25) is 0 Å². The Bertz CT molecular complexity index is 769. The van der Waals surface area contributed by atoms with Crippen molar-refractivity contribution in [3.05, 3.63) is 29.0 Å². The molecule has 1 saturated heterocycles. The number of fused-ring (bicyclic) bond motifs is 1. The van der Waals surface area contributed by atoms with E-state index in [1.807, 2.05) is 12.3 Å². The number of hydrogen-bond acceptors (Lipinski definition) is 8. The van der Waals surface area contributed by atoms with Gasteiger partial charge in [-0.25, -0.2) is 4.98 Å². The SMILES string of the molecule is C[C@H]1[C@H](N)[C@@H](O)[C@H]2CN(Cc3nccs3)C[C@@H]2[C@H]1C(=O)NCCn1ccnn1. The Hall–Kier alpha value is -1.88. The molecule has 1 saturated carbocycles. The lowest BCUT2D eigenvalue weighted by Gasteiger charge is -2.44. The van der Waals surface area contributed by atoms with E-state index in [-0.39, 0.29) is 29.6 Å². The van der Waals surface area contributed by atoms with Gasteiger partial charge in [0.25, 0.3) is 0 Å². The fourth-order valence-electron chi connectivity index (χ4n) is 4.76. The Balaban J connectivity index is 1.43.